The molecule has 1 atom stereocenters. The van der Waals surface area contributed by atoms with Crippen LogP contribution in [0.2, 0.25) is 0 Å². The minimum Gasteiger partial charge on any atom is -0.497 e. The van der Waals surface area contributed by atoms with E-state index in [1.54, 1.807) is 7.11 Å². The average molecular weight is 370 g/mol. The standard InChI is InChI=1S/C21H30N4O2/c1-24-12-10-17(11-13-24)25-21(19-5-3-4-14-27-19)22-20(23-25)15-16-6-8-18(26-2)9-7-16/h6-9,17,19H,3-5,10-15H2,1-2H3. The largest absolute Gasteiger partial charge is 0.497 e. The highest BCUT2D eigenvalue weighted by atomic mass is 16.5. The molecule has 2 aliphatic heterocycles. The highest BCUT2D eigenvalue weighted by Gasteiger charge is 2.28. The topological polar surface area (TPSA) is 52.4 Å². The molecular weight excluding hydrogens is 340 g/mol. The molecule has 0 radical (unpaired) electrons. The van der Waals surface area contributed by atoms with Crippen molar-refractivity contribution < 1.29 is 9.47 Å². The lowest BCUT2D eigenvalue weighted by Gasteiger charge is -2.31. The smallest absolute Gasteiger partial charge is 0.156 e. The van der Waals surface area contributed by atoms with Gasteiger partial charge in [0.05, 0.1) is 13.2 Å². The molecule has 27 heavy (non-hydrogen) atoms. The van der Waals surface area contributed by atoms with Gasteiger partial charge >= 0.3 is 0 Å². The molecule has 1 aromatic carbocycles. The fourth-order valence-corrected chi connectivity index (χ4v) is 4.05. The van der Waals surface area contributed by atoms with Crippen LogP contribution in [-0.4, -0.2) is 53.5 Å². The number of hydrogen-bond acceptors (Lipinski definition) is 5. The first-order valence-electron chi connectivity index (χ1n) is 10.1. The molecule has 0 bridgehead atoms. The zero-order valence-corrected chi connectivity index (χ0v) is 16.4. The summed E-state index contributed by atoms with van der Waals surface area (Å²) in [5.74, 6) is 2.80. The highest BCUT2D eigenvalue weighted by Crippen LogP contribution is 2.31. The fraction of sp³-hybridized carbons (Fsp3) is 0.619. The van der Waals surface area contributed by atoms with E-state index in [1.165, 1.54) is 12.0 Å². The summed E-state index contributed by atoms with van der Waals surface area (Å²) >= 11 is 0. The van der Waals surface area contributed by atoms with Crippen molar-refractivity contribution in [2.24, 2.45) is 0 Å². The first-order valence-corrected chi connectivity index (χ1v) is 10.1. The van der Waals surface area contributed by atoms with E-state index in [-0.39, 0.29) is 6.10 Å². The Morgan fingerprint density at radius 3 is 2.56 bits per heavy atom. The van der Waals surface area contributed by atoms with Gasteiger partial charge < -0.3 is 14.4 Å². The molecule has 6 heteroatoms. The number of nitrogens with zero attached hydrogens (tertiary/aromatic N) is 4. The lowest BCUT2D eigenvalue weighted by Crippen LogP contribution is -2.33. The van der Waals surface area contributed by atoms with Crippen LogP contribution in [0, 0.1) is 0 Å². The summed E-state index contributed by atoms with van der Waals surface area (Å²) in [6.45, 7) is 3.06. The van der Waals surface area contributed by atoms with Gasteiger partial charge in [0.25, 0.3) is 0 Å². The minimum atomic E-state index is 0.0931. The Morgan fingerprint density at radius 2 is 1.89 bits per heavy atom. The second-order valence-electron chi connectivity index (χ2n) is 7.75. The van der Waals surface area contributed by atoms with E-state index in [4.69, 9.17) is 19.6 Å². The Bertz CT molecular complexity index is 729. The maximum Gasteiger partial charge on any atom is 0.156 e. The van der Waals surface area contributed by atoms with Gasteiger partial charge in [-0.1, -0.05) is 12.1 Å². The van der Waals surface area contributed by atoms with Crippen molar-refractivity contribution in [1.29, 1.82) is 0 Å². The summed E-state index contributed by atoms with van der Waals surface area (Å²) in [7, 11) is 3.88. The number of rotatable bonds is 5. The van der Waals surface area contributed by atoms with Gasteiger partial charge in [-0.25, -0.2) is 9.67 Å². The maximum atomic E-state index is 6.06. The summed E-state index contributed by atoms with van der Waals surface area (Å²) in [5, 5.41) is 4.95. The van der Waals surface area contributed by atoms with Crippen LogP contribution in [0.15, 0.2) is 24.3 Å². The zero-order chi connectivity index (χ0) is 18.6. The lowest BCUT2D eigenvalue weighted by molar-refractivity contribution is 0.00473. The van der Waals surface area contributed by atoms with Crippen molar-refractivity contribution in [2.75, 3.05) is 33.9 Å². The van der Waals surface area contributed by atoms with E-state index in [1.807, 2.05) is 12.1 Å². The average Bonchev–Trinajstić information content (AvgIpc) is 3.13. The number of ether oxygens (including phenoxy) is 2. The second kappa shape index (κ2) is 8.40. The Labute approximate surface area is 161 Å². The summed E-state index contributed by atoms with van der Waals surface area (Å²) in [5.41, 5.74) is 1.20. The zero-order valence-electron chi connectivity index (χ0n) is 16.4. The molecule has 0 spiro atoms. The summed E-state index contributed by atoms with van der Waals surface area (Å²) in [6.07, 6.45) is 6.49. The molecule has 1 aromatic heterocycles. The fourth-order valence-electron chi connectivity index (χ4n) is 4.05. The monoisotopic (exact) mass is 370 g/mol. The molecule has 0 amide bonds. The van der Waals surface area contributed by atoms with Gasteiger partial charge in [0.2, 0.25) is 0 Å². The van der Waals surface area contributed by atoms with Gasteiger partial charge in [0.1, 0.15) is 11.9 Å². The highest BCUT2D eigenvalue weighted by molar-refractivity contribution is 5.28. The SMILES string of the molecule is COc1ccc(Cc2nc(C3CCCCO3)n(C3CCN(C)CC3)n2)cc1. The molecule has 4 rings (SSSR count). The van der Waals surface area contributed by atoms with Crippen LogP contribution in [0.5, 0.6) is 5.75 Å². The number of piperidine rings is 1. The number of aromatic nitrogens is 3. The van der Waals surface area contributed by atoms with Crippen LogP contribution in [0.25, 0.3) is 0 Å². The normalized spacial score (nSPS) is 22.1. The third-order valence-electron chi connectivity index (χ3n) is 5.72. The Balaban J connectivity index is 1.57. The Morgan fingerprint density at radius 1 is 1.11 bits per heavy atom. The predicted molar refractivity (Wildman–Crippen MR) is 104 cm³/mol. The van der Waals surface area contributed by atoms with E-state index >= 15 is 0 Å². The maximum absolute atomic E-state index is 6.06. The molecule has 6 nitrogen and oxygen atoms in total. The molecule has 146 valence electrons. The second-order valence-corrected chi connectivity index (χ2v) is 7.75. The van der Waals surface area contributed by atoms with Gasteiger partial charge in [-0.05, 0) is 69.9 Å². The third-order valence-corrected chi connectivity index (χ3v) is 5.72. The van der Waals surface area contributed by atoms with Crippen LogP contribution in [-0.2, 0) is 11.2 Å². The van der Waals surface area contributed by atoms with Crippen molar-refractivity contribution in [2.45, 2.75) is 50.7 Å². The minimum absolute atomic E-state index is 0.0931. The van der Waals surface area contributed by atoms with E-state index in [0.717, 1.165) is 69.2 Å². The first-order chi connectivity index (χ1) is 13.2. The van der Waals surface area contributed by atoms with E-state index in [0.29, 0.717) is 6.04 Å². The van der Waals surface area contributed by atoms with Gasteiger partial charge in [-0.3, -0.25) is 0 Å². The predicted octanol–water partition coefficient (Wildman–Crippen LogP) is 3.39. The molecular formula is C21H30N4O2. The molecule has 0 aliphatic carbocycles. The van der Waals surface area contributed by atoms with E-state index < -0.39 is 0 Å². The molecule has 0 saturated carbocycles. The van der Waals surface area contributed by atoms with Crippen molar-refractivity contribution in [3.8, 4) is 5.75 Å². The number of hydrogen-bond donors (Lipinski definition) is 0. The van der Waals surface area contributed by atoms with Crippen LogP contribution < -0.4 is 4.74 Å². The van der Waals surface area contributed by atoms with Crippen LogP contribution in [0.1, 0.15) is 61.5 Å². The summed E-state index contributed by atoms with van der Waals surface area (Å²) in [4.78, 5) is 7.34. The Kier molecular flexibility index (Phi) is 5.74. The quantitative estimate of drug-likeness (QED) is 0.808. The van der Waals surface area contributed by atoms with Crippen LogP contribution in [0.3, 0.4) is 0 Å². The van der Waals surface area contributed by atoms with Crippen molar-refractivity contribution in [3.63, 3.8) is 0 Å². The molecule has 2 aliphatic rings. The lowest BCUT2D eigenvalue weighted by atomic mass is 10.0. The summed E-state index contributed by atoms with van der Waals surface area (Å²) < 4.78 is 13.5. The molecule has 0 N–H and O–H groups in total. The number of methoxy groups -OCH3 is 1. The van der Waals surface area contributed by atoms with Crippen molar-refractivity contribution in [1.82, 2.24) is 19.7 Å². The molecule has 2 aromatic rings. The summed E-state index contributed by atoms with van der Waals surface area (Å²) in [6, 6.07) is 8.60. The van der Waals surface area contributed by atoms with E-state index in [9.17, 15) is 0 Å². The van der Waals surface area contributed by atoms with Crippen molar-refractivity contribution >= 4 is 0 Å². The van der Waals surface area contributed by atoms with E-state index in [2.05, 4.69) is 28.8 Å². The molecule has 3 heterocycles. The van der Waals surface area contributed by atoms with Gasteiger partial charge in [0.15, 0.2) is 11.6 Å². The number of likely N-dealkylation sites (tertiary alicyclic amines) is 1. The van der Waals surface area contributed by atoms with Crippen molar-refractivity contribution in [3.05, 3.63) is 41.5 Å². The van der Waals surface area contributed by atoms with Gasteiger partial charge in [-0.15, -0.1) is 0 Å². The van der Waals surface area contributed by atoms with Gasteiger partial charge in [-0.2, -0.15) is 5.10 Å². The van der Waals surface area contributed by atoms with Crippen LogP contribution >= 0.6 is 0 Å². The Hall–Kier alpha value is -1.92. The number of benzene rings is 1. The first kappa shape index (κ1) is 18.4. The molecule has 2 fully saturated rings. The van der Waals surface area contributed by atoms with Crippen LogP contribution in [0.4, 0.5) is 0 Å². The molecule has 1 unspecified atom stereocenters. The molecule has 2 saturated heterocycles. The van der Waals surface area contributed by atoms with Gasteiger partial charge in [0, 0.05) is 13.0 Å². The third kappa shape index (κ3) is 4.33.